The smallest absolute Gasteiger partial charge is 0.0116 e. The quantitative estimate of drug-likeness (QED) is 0.770. The first-order valence-corrected chi connectivity index (χ1v) is 6.77. The van der Waals surface area contributed by atoms with Crippen molar-refractivity contribution in [3.63, 3.8) is 0 Å². The summed E-state index contributed by atoms with van der Waals surface area (Å²) in [6.07, 6.45) is 9.76. The van der Waals surface area contributed by atoms with Gasteiger partial charge in [-0.15, -0.1) is 0 Å². The van der Waals surface area contributed by atoms with E-state index in [4.69, 9.17) is 5.73 Å². The van der Waals surface area contributed by atoms with Crippen LogP contribution in [0.4, 0.5) is 0 Å². The molecule has 3 unspecified atom stereocenters. The fourth-order valence-electron chi connectivity index (χ4n) is 3.93. The van der Waals surface area contributed by atoms with Crippen molar-refractivity contribution in [2.24, 2.45) is 11.7 Å². The Labute approximate surface area is 93.2 Å². The standard InChI is InChI=1S/C13H24N2/c1-9(6-10-2-3-10)15-12-4-5-13(15)8-11(14)7-12/h9-13H,2-8,14H2,1H3. The maximum atomic E-state index is 6.10. The lowest BCUT2D eigenvalue weighted by molar-refractivity contribution is 0.0786. The van der Waals surface area contributed by atoms with Crippen LogP contribution in [-0.4, -0.2) is 29.1 Å². The van der Waals surface area contributed by atoms with Crippen molar-refractivity contribution >= 4 is 0 Å². The van der Waals surface area contributed by atoms with Crippen LogP contribution in [0.25, 0.3) is 0 Å². The zero-order valence-electron chi connectivity index (χ0n) is 9.86. The molecule has 0 radical (unpaired) electrons. The van der Waals surface area contributed by atoms with Crippen LogP contribution in [0.3, 0.4) is 0 Å². The second-order valence-electron chi connectivity index (χ2n) is 6.09. The molecular weight excluding hydrogens is 184 g/mol. The molecule has 0 spiro atoms. The average molecular weight is 208 g/mol. The third-order valence-corrected chi connectivity index (χ3v) is 4.71. The molecule has 86 valence electrons. The van der Waals surface area contributed by atoms with Gasteiger partial charge in [0.05, 0.1) is 0 Å². The molecule has 3 fully saturated rings. The van der Waals surface area contributed by atoms with Gasteiger partial charge in [-0.3, -0.25) is 4.90 Å². The summed E-state index contributed by atoms with van der Waals surface area (Å²) >= 11 is 0. The van der Waals surface area contributed by atoms with Gasteiger partial charge in [0.1, 0.15) is 0 Å². The highest BCUT2D eigenvalue weighted by atomic mass is 15.2. The second kappa shape index (κ2) is 3.74. The lowest BCUT2D eigenvalue weighted by Gasteiger charge is -2.41. The molecule has 3 rings (SSSR count). The van der Waals surface area contributed by atoms with Gasteiger partial charge in [0.25, 0.3) is 0 Å². The van der Waals surface area contributed by atoms with E-state index in [0.29, 0.717) is 6.04 Å². The van der Waals surface area contributed by atoms with Gasteiger partial charge in [0, 0.05) is 24.2 Å². The Kier molecular flexibility index (Phi) is 2.52. The first-order valence-electron chi connectivity index (χ1n) is 6.77. The second-order valence-corrected chi connectivity index (χ2v) is 6.09. The first kappa shape index (κ1) is 10.1. The molecule has 2 aliphatic heterocycles. The van der Waals surface area contributed by atoms with Crippen molar-refractivity contribution in [1.29, 1.82) is 0 Å². The molecular formula is C13H24N2. The zero-order valence-corrected chi connectivity index (χ0v) is 9.86. The Hall–Kier alpha value is -0.0800. The molecule has 2 saturated heterocycles. The average Bonchev–Trinajstić information content (AvgIpc) is 2.93. The summed E-state index contributed by atoms with van der Waals surface area (Å²) in [5.74, 6) is 1.06. The number of nitrogens with zero attached hydrogens (tertiary/aromatic N) is 1. The van der Waals surface area contributed by atoms with E-state index in [1.165, 1.54) is 44.9 Å². The van der Waals surface area contributed by atoms with Crippen molar-refractivity contribution in [2.45, 2.75) is 76.0 Å². The molecule has 1 saturated carbocycles. The molecule has 2 nitrogen and oxygen atoms in total. The number of nitrogens with two attached hydrogens (primary N) is 1. The first-order chi connectivity index (χ1) is 7.24. The lowest BCUT2D eigenvalue weighted by atomic mass is 9.95. The van der Waals surface area contributed by atoms with E-state index >= 15 is 0 Å². The molecule has 0 aromatic heterocycles. The van der Waals surface area contributed by atoms with Gasteiger partial charge in [0.2, 0.25) is 0 Å². The molecule has 15 heavy (non-hydrogen) atoms. The van der Waals surface area contributed by atoms with E-state index < -0.39 is 0 Å². The molecule has 0 amide bonds. The van der Waals surface area contributed by atoms with E-state index in [-0.39, 0.29) is 0 Å². The molecule has 2 N–H and O–H groups in total. The van der Waals surface area contributed by atoms with Gasteiger partial charge < -0.3 is 5.73 Å². The summed E-state index contributed by atoms with van der Waals surface area (Å²) < 4.78 is 0. The maximum absolute atomic E-state index is 6.10. The van der Waals surface area contributed by atoms with Crippen LogP contribution in [0.1, 0.15) is 51.9 Å². The number of fused-ring (bicyclic) bond motifs is 2. The summed E-state index contributed by atoms with van der Waals surface area (Å²) in [4.78, 5) is 2.82. The fourth-order valence-corrected chi connectivity index (χ4v) is 3.93. The van der Waals surface area contributed by atoms with Crippen molar-refractivity contribution < 1.29 is 0 Å². The van der Waals surface area contributed by atoms with Crippen LogP contribution in [0.15, 0.2) is 0 Å². The minimum Gasteiger partial charge on any atom is -0.328 e. The van der Waals surface area contributed by atoms with Gasteiger partial charge in [-0.1, -0.05) is 12.8 Å². The topological polar surface area (TPSA) is 29.3 Å². The summed E-state index contributed by atoms with van der Waals surface area (Å²) in [5.41, 5.74) is 6.10. The van der Waals surface area contributed by atoms with Crippen molar-refractivity contribution in [3.05, 3.63) is 0 Å². The molecule has 3 aliphatic rings. The number of rotatable bonds is 3. The minimum atomic E-state index is 0.492. The Bertz CT molecular complexity index is 223. The SMILES string of the molecule is CC(CC1CC1)N1C2CCC1CC(N)C2. The number of piperidine rings is 1. The van der Waals surface area contributed by atoms with Gasteiger partial charge in [-0.05, 0) is 44.9 Å². The fraction of sp³-hybridized carbons (Fsp3) is 1.00. The van der Waals surface area contributed by atoms with E-state index in [1.54, 1.807) is 0 Å². The lowest BCUT2D eigenvalue weighted by Crippen LogP contribution is -2.51. The zero-order chi connectivity index (χ0) is 10.4. The third-order valence-electron chi connectivity index (χ3n) is 4.71. The summed E-state index contributed by atoms with van der Waals surface area (Å²) in [6.45, 7) is 2.44. The minimum absolute atomic E-state index is 0.492. The van der Waals surface area contributed by atoms with Crippen molar-refractivity contribution in [1.82, 2.24) is 4.90 Å². The Morgan fingerprint density at radius 3 is 2.27 bits per heavy atom. The molecule has 2 bridgehead atoms. The number of hydrogen-bond donors (Lipinski definition) is 1. The highest BCUT2D eigenvalue weighted by molar-refractivity contribution is 4.99. The van der Waals surface area contributed by atoms with Crippen LogP contribution < -0.4 is 5.73 Å². The Morgan fingerprint density at radius 1 is 1.13 bits per heavy atom. The summed E-state index contributed by atoms with van der Waals surface area (Å²) in [7, 11) is 0. The Morgan fingerprint density at radius 2 is 1.73 bits per heavy atom. The predicted molar refractivity (Wildman–Crippen MR) is 62.7 cm³/mol. The van der Waals surface area contributed by atoms with Gasteiger partial charge in [-0.2, -0.15) is 0 Å². The van der Waals surface area contributed by atoms with Crippen LogP contribution in [-0.2, 0) is 0 Å². The largest absolute Gasteiger partial charge is 0.328 e. The van der Waals surface area contributed by atoms with E-state index in [2.05, 4.69) is 11.8 Å². The van der Waals surface area contributed by atoms with Crippen LogP contribution in [0.2, 0.25) is 0 Å². The molecule has 1 aliphatic carbocycles. The highest BCUT2D eigenvalue weighted by Crippen LogP contribution is 2.41. The van der Waals surface area contributed by atoms with Gasteiger partial charge in [0.15, 0.2) is 0 Å². The van der Waals surface area contributed by atoms with Crippen molar-refractivity contribution in [3.8, 4) is 0 Å². The molecule has 0 aromatic carbocycles. The van der Waals surface area contributed by atoms with Crippen LogP contribution in [0, 0.1) is 5.92 Å². The maximum Gasteiger partial charge on any atom is 0.0116 e. The van der Waals surface area contributed by atoms with Crippen LogP contribution >= 0.6 is 0 Å². The van der Waals surface area contributed by atoms with Gasteiger partial charge in [-0.25, -0.2) is 0 Å². The third kappa shape index (κ3) is 1.94. The summed E-state index contributed by atoms with van der Waals surface area (Å²) in [6, 6.07) is 2.97. The van der Waals surface area contributed by atoms with Crippen LogP contribution in [0.5, 0.6) is 0 Å². The van der Waals surface area contributed by atoms with E-state index in [1.807, 2.05) is 0 Å². The van der Waals surface area contributed by atoms with Crippen molar-refractivity contribution in [2.75, 3.05) is 0 Å². The highest BCUT2D eigenvalue weighted by Gasteiger charge is 2.42. The molecule has 2 heterocycles. The van der Waals surface area contributed by atoms with E-state index in [9.17, 15) is 0 Å². The normalized spacial score (nSPS) is 43.2. The molecule has 2 heteroatoms. The predicted octanol–water partition coefficient (Wildman–Crippen LogP) is 2.13. The Balaban J connectivity index is 1.65. The molecule has 3 atom stereocenters. The summed E-state index contributed by atoms with van der Waals surface area (Å²) in [5, 5.41) is 0. The molecule has 0 aromatic rings. The number of hydrogen-bond acceptors (Lipinski definition) is 2. The van der Waals surface area contributed by atoms with Gasteiger partial charge >= 0.3 is 0 Å². The van der Waals surface area contributed by atoms with E-state index in [0.717, 1.165) is 24.0 Å². The monoisotopic (exact) mass is 208 g/mol.